The second kappa shape index (κ2) is 6.24. The number of fused-ring (bicyclic) bond motifs is 1. The fraction of sp³-hybridized carbons (Fsp3) is 0.0476. The minimum absolute atomic E-state index is 0.237. The van der Waals surface area contributed by atoms with Gasteiger partial charge in [0, 0.05) is 10.9 Å². The number of oxazole rings is 1. The average Bonchev–Trinajstić information content (AvgIpc) is 3.01. The highest BCUT2D eigenvalue weighted by Crippen LogP contribution is 2.28. The van der Waals surface area contributed by atoms with E-state index >= 15 is 0 Å². The van der Waals surface area contributed by atoms with E-state index in [9.17, 15) is 5.11 Å². The van der Waals surface area contributed by atoms with E-state index in [2.05, 4.69) is 9.98 Å². The molecule has 0 aliphatic rings. The maximum atomic E-state index is 10.0. The minimum Gasteiger partial charge on any atom is -0.479 e. The normalized spacial score (nSPS) is 11.4. The van der Waals surface area contributed by atoms with Crippen LogP contribution in [0.1, 0.15) is 11.3 Å². The van der Waals surface area contributed by atoms with Crippen LogP contribution in [0.3, 0.4) is 0 Å². The van der Waals surface area contributed by atoms with Crippen molar-refractivity contribution in [3.05, 3.63) is 78.0 Å². The van der Waals surface area contributed by atoms with E-state index in [-0.39, 0.29) is 5.95 Å². The zero-order valence-corrected chi connectivity index (χ0v) is 13.7. The summed E-state index contributed by atoms with van der Waals surface area (Å²) in [6, 6.07) is 21.7. The zero-order chi connectivity index (χ0) is 17.2. The van der Waals surface area contributed by atoms with Crippen molar-refractivity contribution < 1.29 is 9.52 Å². The van der Waals surface area contributed by atoms with Crippen molar-refractivity contribution in [3.63, 3.8) is 0 Å². The molecule has 0 atom stereocenters. The largest absolute Gasteiger partial charge is 0.479 e. The average molecular weight is 328 g/mol. The molecule has 3 aromatic carbocycles. The van der Waals surface area contributed by atoms with Crippen molar-refractivity contribution >= 4 is 22.7 Å². The number of hydrogen-bond donors (Lipinski definition) is 1. The molecule has 122 valence electrons. The van der Waals surface area contributed by atoms with E-state index in [1.165, 1.54) is 6.21 Å². The summed E-state index contributed by atoms with van der Waals surface area (Å²) in [6.07, 6.45) is 1.53. The van der Waals surface area contributed by atoms with Crippen LogP contribution in [-0.4, -0.2) is 16.3 Å². The molecule has 0 unspecified atom stereocenters. The molecule has 4 nitrogen and oxygen atoms in total. The Labute approximate surface area is 145 Å². The maximum absolute atomic E-state index is 10.0. The van der Waals surface area contributed by atoms with Gasteiger partial charge in [-0.05, 0) is 30.5 Å². The van der Waals surface area contributed by atoms with Gasteiger partial charge >= 0.3 is 5.95 Å². The van der Waals surface area contributed by atoms with Crippen molar-refractivity contribution in [1.82, 2.24) is 4.98 Å². The van der Waals surface area contributed by atoms with Crippen molar-refractivity contribution in [3.8, 4) is 17.4 Å². The van der Waals surface area contributed by atoms with Crippen molar-refractivity contribution in [1.29, 1.82) is 0 Å². The van der Waals surface area contributed by atoms with Crippen molar-refractivity contribution in [2.24, 2.45) is 4.99 Å². The Kier molecular flexibility index (Phi) is 3.78. The van der Waals surface area contributed by atoms with Gasteiger partial charge in [0.05, 0.1) is 11.9 Å². The molecule has 1 aromatic heterocycles. The van der Waals surface area contributed by atoms with Gasteiger partial charge in [-0.1, -0.05) is 54.1 Å². The number of rotatable bonds is 3. The van der Waals surface area contributed by atoms with Gasteiger partial charge in [-0.25, -0.2) is 4.98 Å². The van der Waals surface area contributed by atoms with E-state index in [0.29, 0.717) is 11.6 Å². The molecule has 0 aliphatic heterocycles. The van der Waals surface area contributed by atoms with Gasteiger partial charge < -0.3 is 9.52 Å². The lowest BCUT2D eigenvalue weighted by Crippen LogP contribution is -1.83. The Morgan fingerprint density at radius 2 is 1.72 bits per heavy atom. The van der Waals surface area contributed by atoms with Crippen LogP contribution in [0.15, 0.2) is 76.1 Å². The number of hydrogen-bond acceptors (Lipinski definition) is 4. The molecule has 0 saturated carbocycles. The first-order valence-corrected chi connectivity index (χ1v) is 7.99. The SMILES string of the molecule is Cc1ccc(-c2nc(C=Nc3cccc4ccccc34)c(O)o2)cc1. The number of nitrogens with zero attached hydrogens (tertiary/aromatic N) is 2. The number of aromatic hydroxyl groups is 1. The third-order valence-corrected chi connectivity index (χ3v) is 4.03. The Balaban J connectivity index is 1.68. The summed E-state index contributed by atoms with van der Waals surface area (Å²) < 4.78 is 5.37. The molecule has 4 heteroatoms. The monoisotopic (exact) mass is 328 g/mol. The molecule has 0 radical (unpaired) electrons. The molecule has 1 N–H and O–H groups in total. The molecule has 0 bridgehead atoms. The van der Waals surface area contributed by atoms with Crippen LogP contribution in [0.25, 0.3) is 22.2 Å². The molecular weight excluding hydrogens is 312 g/mol. The van der Waals surface area contributed by atoms with E-state index in [0.717, 1.165) is 27.6 Å². The predicted molar refractivity (Wildman–Crippen MR) is 99.5 cm³/mol. The fourth-order valence-electron chi connectivity index (χ4n) is 2.68. The number of benzene rings is 3. The summed E-state index contributed by atoms with van der Waals surface area (Å²) in [4.78, 5) is 8.82. The lowest BCUT2D eigenvalue weighted by atomic mass is 10.1. The molecule has 4 rings (SSSR count). The predicted octanol–water partition coefficient (Wildman–Crippen LogP) is 5.26. The first-order valence-electron chi connectivity index (χ1n) is 7.99. The van der Waals surface area contributed by atoms with Crippen molar-refractivity contribution in [2.75, 3.05) is 0 Å². The first-order chi connectivity index (χ1) is 12.2. The Hall–Kier alpha value is -3.40. The third-order valence-electron chi connectivity index (χ3n) is 4.03. The second-order valence-corrected chi connectivity index (χ2v) is 5.83. The molecule has 0 saturated heterocycles. The van der Waals surface area contributed by atoms with Crippen LogP contribution in [0.2, 0.25) is 0 Å². The molecular formula is C21H16N2O2. The van der Waals surface area contributed by atoms with Crippen molar-refractivity contribution in [2.45, 2.75) is 6.92 Å². The summed E-state index contributed by atoms with van der Waals surface area (Å²) >= 11 is 0. The van der Waals surface area contributed by atoms with Crippen LogP contribution in [0.4, 0.5) is 5.69 Å². The van der Waals surface area contributed by atoms with Gasteiger partial charge in [0.15, 0.2) is 5.69 Å². The summed E-state index contributed by atoms with van der Waals surface area (Å²) in [5, 5.41) is 12.2. The van der Waals surface area contributed by atoms with E-state index in [1.54, 1.807) is 0 Å². The van der Waals surface area contributed by atoms with Crippen LogP contribution in [-0.2, 0) is 0 Å². The smallest absolute Gasteiger partial charge is 0.312 e. The zero-order valence-electron chi connectivity index (χ0n) is 13.7. The summed E-state index contributed by atoms with van der Waals surface area (Å²) in [5.41, 5.74) is 3.09. The van der Waals surface area contributed by atoms with Crippen LogP contribution >= 0.6 is 0 Å². The van der Waals surface area contributed by atoms with E-state index < -0.39 is 0 Å². The number of aryl methyl sites for hydroxylation is 1. The minimum atomic E-state index is -0.237. The lowest BCUT2D eigenvalue weighted by Gasteiger charge is -2.00. The Morgan fingerprint density at radius 1 is 0.960 bits per heavy atom. The van der Waals surface area contributed by atoms with Crippen LogP contribution < -0.4 is 0 Å². The highest BCUT2D eigenvalue weighted by Gasteiger charge is 2.12. The molecule has 0 spiro atoms. The molecule has 0 fully saturated rings. The summed E-state index contributed by atoms with van der Waals surface area (Å²) in [7, 11) is 0. The molecule has 4 aromatic rings. The highest BCUT2D eigenvalue weighted by molar-refractivity contribution is 5.95. The molecule has 1 heterocycles. The van der Waals surface area contributed by atoms with Gasteiger partial charge in [0.1, 0.15) is 0 Å². The number of aliphatic imine (C=N–C) groups is 1. The number of aromatic nitrogens is 1. The van der Waals surface area contributed by atoms with Crippen LogP contribution in [0, 0.1) is 6.92 Å². The van der Waals surface area contributed by atoms with E-state index in [1.807, 2.05) is 73.7 Å². The summed E-state index contributed by atoms with van der Waals surface area (Å²) in [5.74, 6) is 0.136. The Bertz CT molecular complexity index is 1060. The molecule has 25 heavy (non-hydrogen) atoms. The maximum Gasteiger partial charge on any atom is 0.312 e. The first kappa shape index (κ1) is 15.1. The standard InChI is InChI=1S/C21H16N2O2/c1-14-9-11-16(12-10-14)20-23-19(21(24)25-20)13-22-18-8-4-6-15-5-2-3-7-17(15)18/h2-13,24H,1H3. The van der Waals surface area contributed by atoms with E-state index in [4.69, 9.17) is 4.42 Å². The molecule has 0 aliphatic carbocycles. The molecule has 0 amide bonds. The quantitative estimate of drug-likeness (QED) is 0.522. The fourth-order valence-corrected chi connectivity index (χ4v) is 2.68. The lowest BCUT2D eigenvalue weighted by molar-refractivity contribution is 0.337. The summed E-state index contributed by atoms with van der Waals surface area (Å²) in [6.45, 7) is 2.01. The Morgan fingerprint density at radius 3 is 2.56 bits per heavy atom. The van der Waals surface area contributed by atoms with Crippen LogP contribution in [0.5, 0.6) is 5.95 Å². The van der Waals surface area contributed by atoms with Gasteiger partial charge in [-0.2, -0.15) is 0 Å². The van der Waals surface area contributed by atoms with Gasteiger partial charge in [-0.3, -0.25) is 4.99 Å². The second-order valence-electron chi connectivity index (χ2n) is 5.83. The highest BCUT2D eigenvalue weighted by atomic mass is 16.5. The van der Waals surface area contributed by atoms with Gasteiger partial charge in [0.25, 0.3) is 0 Å². The topological polar surface area (TPSA) is 58.6 Å². The van der Waals surface area contributed by atoms with Gasteiger partial charge in [0.2, 0.25) is 5.89 Å². The third kappa shape index (κ3) is 3.02. The van der Waals surface area contributed by atoms with Gasteiger partial charge in [-0.15, -0.1) is 0 Å².